The van der Waals surface area contributed by atoms with Crippen molar-refractivity contribution in [2.75, 3.05) is 20.2 Å². The molecule has 140 valence electrons. The molecule has 3 aromatic rings. The van der Waals surface area contributed by atoms with Crippen molar-refractivity contribution in [1.82, 2.24) is 24.9 Å². The number of fused-ring (bicyclic) bond motifs is 6. The van der Waals surface area contributed by atoms with Gasteiger partial charge in [0.1, 0.15) is 5.75 Å². The maximum Gasteiger partial charge on any atom is 0.180 e. The third kappa shape index (κ3) is 2.53. The average Bonchev–Trinajstić information content (AvgIpc) is 3.21. The number of ether oxygens (including phenoxy) is 1. The van der Waals surface area contributed by atoms with Crippen molar-refractivity contribution in [3.8, 4) is 5.75 Å². The summed E-state index contributed by atoms with van der Waals surface area (Å²) >= 11 is 0. The smallest absolute Gasteiger partial charge is 0.180 e. The van der Waals surface area contributed by atoms with Crippen LogP contribution in [0.2, 0.25) is 0 Å². The van der Waals surface area contributed by atoms with Crippen LogP contribution < -0.4 is 4.74 Å². The molecule has 2 bridgehead atoms. The summed E-state index contributed by atoms with van der Waals surface area (Å²) in [7, 11) is 1.65. The lowest BCUT2D eigenvalue weighted by Gasteiger charge is -2.50. The van der Waals surface area contributed by atoms with Crippen LogP contribution in [0.1, 0.15) is 24.5 Å². The molecule has 3 saturated heterocycles. The standard InChI is InChI=1S/C20H23N5O2/c1-3-12-11-24-7-6-13(12)8-18(24)20(26)16-10-19-21-22-23-25(19)17-5-4-14(27-2)9-15(16)17/h3-5,9-10,12-13,18,20,26H,1,6-8,11H2,2H3/t12-,13-,18+,20-/m0/s1. The van der Waals surface area contributed by atoms with Crippen LogP contribution in [0, 0.1) is 11.8 Å². The molecule has 5 atom stereocenters. The molecular formula is C20H23N5O2. The summed E-state index contributed by atoms with van der Waals surface area (Å²) < 4.78 is 7.11. The second kappa shape index (κ2) is 6.28. The van der Waals surface area contributed by atoms with Crippen molar-refractivity contribution >= 4 is 16.6 Å². The van der Waals surface area contributed by atoms with Crippen LogP contribution in [-0.4, -0.2) is 56.3 Å². The molecule has 0 spiro atoms. The van der Waals surface area contributed by atoms with Crippen molar-refractivity contribution in [2.45, 2.75) is 25.0 Å². The van der Waals surface area contributed by atoms with E-state index in [1.165, 1.54) is 6.42 Å². The Hall–Kier alpha value is -2.51. The lowest BCUT2D eigenvalue weighted by molar-refractivity contribution is -0.0444. The number of tetrazole rings is 1. The number of piperidine rings is 3. The Morgan fingerprint density at radius 3 is 3.00 bits per heavy atom. The van der Waals surface area contributed by atoms with E-state index in [4.69, 9.17) is 4.74 Å². The van der Waals surface area contributed by atoms with Gasteiger partial charge < -0.3 is 9.84 Å². The number of nitrogens with zero attached hydrogens (tertiary/aromatic N) is 5. The molecule has 0 amide bonds. The first-order chi connectivity index (χ1) is 13.2. The Balaban J connectivity index is 1.61. The highest BCUT2D eigenvalue weighted by Crippen LogP contribution is 2.42. The molecule has 0 radical (unpaired) electrons. The largest absolute Gasteiger partial charge is 0.497 e. The van der Waals surface area contributed by atoms with Crippen LogP contribution in [0.4, 0.5) is 0 Å². The minimum atomic E-state index is -0.602. The topological polar surface area (TPSA) is 75.8 Å². The van der Waals surface area contributed by atoms with E-state index in [-0.39, 0.29) is 6.04 Å². The SMILES string of the molecule is C=C[C@H]1CN2CC[C@H]1C[C@@H]2[C@@H](O)c1cc2nnnn2c2ccc(OC)cc12. The van der Waals surface area contributed by atoms with Crippen LogP contribution in [0.15, 0.2) is 36.9 Å². The van der Waals surface area contributed by atoms with Gasteiger partial charge in [-0.05, 0) is 71.5 Å². The summed E-state index contributed by atoms with van der Waals surface area (Å²) in [5.74, 6) is 1.88. The molecule has 7 heteroatoms. The molecule has 2 aromatic heterocycles. The zero-order chi connectivity index (χ0) is 18.5. The number of rotatable bonds is 4. The molecule has 1 N–H and O–H groups in total. The normalized spacial score (nSPS) is 28.5. The zero-order valence-electron chi connectivity index (χ0n) is 15.3. The molecule has 0 aliphatic carbocycles. The van der Waals surface area contributed by atoms with Gasteiger partial charge in [0.15, 0.2) is 5.65 Å². The summed E-state index contributed by atoms with van der Waals surface area (Å²) in [5.41, 5.74) is 2.37. The number of methoxy groups -OCH3 is 1. The van der Waals surface area contributed by atoms with E-state index in [1.807, 2.05) is 24.3 Å². The molecule has 5 heterocycles. The summed E-state index contributed by atoms with van der Waals surface area (Å²) in [5, 5.41) is 24.3. The lowest BCUT2D eigenvalue weighted by atomic mass is 9.73. The number of aliphatic hydroxyl groups is 1. The summed E-state index contributed by atoms with van der Waals surface area (Å²) in [4.78, 5) is 2.41. The van der Waals surface area contributed by atoms with Gasteiger partial charge >= 0.3 is 0 Å². The fourth-order valence-corrected chi connectivity index (χ4v) is 4.89. The van der Waals surface area contributed by atoms with Gasteiger partial charge in [-0.2, -0.15) is 4.52 Å². The Bertz CT molecular complexity index is 1020. The quantitative estimate of drug-likeness (QED) is 0.715. The van der Waals surface area contributed by atoms with Crippen molar-refractivity contribution in [1.29, 1.82) is 0 Å². The number of aliphatic hydroxyl groups excluding tert-OH is 1. The van der Waals surface area contributed by atoms with Crippen LogP contribution in [0.3, 0.4) is 0 Å². The molecule has 1 aromatic carbocycles. The molecule has 6 rings (SSSR count). The van der Waals surface area contributed by atoms with E-state index in [9.17, 15) is 5.11 Å². The van der Waals surface area contributed by atoms with E-state index in [0.29, 0.717) is 17.5 Å². The van der Waals surface area contributed by atoms with E-state index in [1.54, 1.807) is 11.6 Å². The summed E-state index contributed by atoms with van der Waals surface area (Å²) in [6.07, 6.45) is 3.64. The van der Waals surface area contributed by atoms with E-state index in [2.05, 4.69) is 33.1 Å². The molecule has 1 unspecified atom stereocenters. The summed E-state index contributed by atoms with van der Waals surface area (Å²) in [6.45, 7) is 6.00. The zero-order valence-corrected chi connectivity index (χ0v) is 15.3. The van der Waals surface area contributed by atoms with Crippen molar-refractivity contribution in [2.24, 2.45) is 11.8 Å². The Morgan fingerprint density at radius 2 is 2.26 bits per heavy atom. The highest BCUT2D eigenvalue weighted by molar-refractivity contribution is 5.87. The second-order valence-corrected chi connectivity index (χ2v) is 7.62. The van der Waals surface area contributed by atoms with E-state index >= 15 is 0 Å². The maximum atomic E-state index is 11.4. The van der Waals surface area contributed by atoms with Gasteiger partial charge in [0.2, 0.25) is 0 Å². The molecule has 3 aliphatic rings. The van der Waals surface area contributed by atoms with Crippen LogP contribution in [0.5, 0.6) is 5.75 Å². The van der Waals surface area contributed by atoms with Gasteiger partial charge in [-0.25, -0.2) is 0 Å². The number of benzene rings is 1. The molecule has 27 heavy (non-hydrogen) atoms. The summed E-state index contributed by atoms with van der Waals surface area (Å²) in [6, 6.07) is 7.79. The second-order valence-electron chi connectivity index (χ2n) is 7.62. The monoisotopic (exact) mass is 365 g/mol. The number of hydrogen-bond donors (Lipinski definition) is 1. The fourth-order valence-electron chi connectivity index (χ4n) is 4.89. The van der Waals surface area contributed by atoms with Gasteiger partial charge in [-0.15, -0.1) is 11.7 Å². The van der Waals surface area contributed by atoms with Crippen molar-refractivity contribution < 1.29 is 9.84 Å². The van der Waals surface area contributed by atoms with Crippen LogP contribution in [-0.2, 0) is 0 Å². The Labute approximate surface area is 157 Å². The van der Waals surface area contributed by atoms with E-state index < -0.39 is 6.10 Å². The Kier molecular flexibility index (Phi) is 3.87. The lowest BCUT2D eigenvalue weighted by Crippen LogP contribution is -2.54. The number of hydrogen-bond acceptors (Lipinski definition) is 6. The highest BCUT2D eigenvalue weighted by Gasteiger charge is 2.42. The van der Waals surface area contributed by atoms with Gasteiger partial charge in [0.05, 0.1) is 18.7 Å². The third-order valence-electron chi connectivity index (χ3n) is 6.36. The van der Waals surface area contributed by atoms with Crippen LogP contribution >= 0.6 is 0 Å². The van der Waals surface area contributed by atoms with E-state index in [0.717, 1.165) is 41.7 Å². The molecular weight excluding hydrogens is 342 g/mol. The molecule has 7 nitrogen and oxygen atoms in total. The first-order valence-corrected chi connectivity index (χ1v) is 9.43. The van der Waals surface area contributed by atoms with Gasteiger partial charge in [-0.1, -0.05) is 6.08 Å². The first kappa shape index (κ1) is 16.6. The van der Waals surface area contributed by atoms with Crippen LogP contribution in [0.25, 0.3) is 16.6 Å². The van der Waals surface area contributed by atoms with Gasteiger partial charge in [0, 0.05) is 18.0 Å². The predicted octanol–water partition coefficient (Wildman–Crippen LogP) is 2.22. The minimum Gasteiger partial charge on any atom is -0.497 e. The van der Waals surface area contributed by atoms with Crippen molar-refractivity contribution in [3.05, 3.63) is 42.5 Å². The molecule has 0 saturated carbocycles. The number of pyridine rings is 1. The number of aromatic nitrogens is 4. The Morgan fingerprint density at radius 1 is 1.37 bits per heavy atom. The minimum absolute atomic E-state index is 0.104. The highest BCUT2D eigenvalue weighted by atomic mass is 16.5. The molecule has 3 fully saturated rings. The average molecular weight is 365 g/mol. The van der Waals surface area contributed by atoms with Crippen molar-refractivity contribution in [3.63, 3.8) is 0 Å². The molecule has 3 aliphatic heterocycles. The maximum absolute atomic E-state index is 11.4. The van der Waals surface area contributed by atoms with Gasteiger partial charge in [-0.3, -0.25) is 4.90 Å². The fraction of sp³-hybridized carbons (Fsp3) is 0.450. The predicted molar refractivity (Wildman–Crippen MR) is 102 cm³/mol. The third-order valence-corrected chi connectivity index (χ3v) is 6.36. The van der Waals surface area contributed by atoms with Gasteiger partial charge in [0.25, 0.3) is 0 Å². The first-order valence-electron chi connectivity index (χ1n) is 9.43.